The summed E-state index contributed by atoms with van der Waals surface area (Å²) in [5.74, 6) is 0.999. The SMILES string of the molecule is CC(C)Oc1ccccc1NC(=O)c1cccc(OCc2ccccc2Cl)c1. The van der Waals surface area contributed by atoms with E-state index in [1.807, 2.05) is 68.4 Å². The number of amides is 1. The highest BCUT2D eigenvalue weighted by atomic mass is 35.5. The van der Waals surface area contributed by atoms with E-state index in [9.17, 15) is 4.79 Å². The number of halogens is 1. The Kier molecular flexibility index (Phi) is 6.56. The van der Waals surface area contributed by atoms with Crippen LogP contribution >= 0.6 is 11.6 Å². The van der Waals surface area contributed by atoms with Gasteiger partial charge in [0.2, 0.25) is 0 Å². The molecule has 0 bridgehead atoms. The van der Waals surface area contributed by atoms with Gasteiger partial charge >= 0.3 is 0 Å². The smallest absolute Gasteiger partial charge is 0.255 e. The Bertz CT molecular complexity index is 956. The molecular formula is C23H22ClNO3. The number of para-hydroxylation sites is 2. The van der Waals surface area contributed by atoms with Crippen LogP contribution in [0.4, 0.5) is 5.69 Å². The quantitative estimate of drug-likeness (QED) is 0.537. The largest absolute Gasteiger partial charge is 0.489 e. The summed E-state index contributed by atoms with van der Waals surface area (Å²) in [7, 11) is 0. The first-order valence-electron chi connectivity index (χ1n) is 9.06. The summed E-state index contributed by atoms with van der Waals surface area (Å²) in [6, 6.07) is 21.9. The van der Waals surface area contributed by atoms with Crippen molar-refractivity contribution in [3.05, 3.63) is 88.9 Å². The first kappa shape index (κ1) is 19.8. The maximum Gasteiger partial charge on any atom is 0.255 e. The fraction of sp³-hybridized carbons (Fsp3) is 0.174. The van der Waals surface area contributed by atoms with Crippen LogP contribution in [0.5, 0.6) is 11.5 Å². The molecule has 0 heterocycles. The van der Waals surface area contributed by atoms with Crippen molar-refractivity contribution in [3.8, 4) is 11.5 Å². The number of rotatable bonds is 7. The number of carbonyl (C=O) groups excluding carboxylic acids is 1. The lowest BCUT2D eigenvalue weighted by Crippen LogP contribution is -2.14. The van der Waals surface area contributed by atoms with Crippen LogP contribution in [0, 0.1) is 0 Å². The maximum atomic E-state index is 12.7. The summed E-state index contributed by atoms with van der Waals surface area (Å²) in [6.07, 6.45) is 0.0135. The van der Waals surface area contributed by atoms with Gasteiger partial charge in [0.1, 0.15) is 18.1 Å². The van der Waals surface area contributed by atoms with Crippen molar-refractivity contribution in [2.24, 2.45) is 0 Å². The summed E-state index contributed by atoms with van der Waals surface area (Å²) in [4.78, 5) is 12.7. The fourth-order valence-electron chi connectivity index (χ4n) is 2.62. The summed E-state index contributed by atoms with van der Waals surface area (Å²) >= 11 is 6.16. The second kappa shape index (κ2) is 9.29. The Morgan fingerprint density at radius 1 is 1.00 bits per heavy atom. The number of hydrogen-bond donors (Lipinski definition) is 1. The lowest BCUT2D eigenvalue weighted by atomic mass is 10.2. The molecule has 1 amide bonds. The van der Waals surface area contributed by atoms with Gasteiger partial charge in [-0.15, -0.1) is 0 Å². The Hall–Kier alpha value is -2.98. The predicted molar refractivity (Wildman–Crippen MR) is 112 cm³/mol. The molecule has 0 aromatic heterocycles. The monoisotopic (exact) mass is 395 g/mol. The second-order valence-electron chi connectivity index (χ2n) is 6.52. The van der Waals surface area contributed by atoms with Crippen LogP contribution in [0.25, 0.3) is 0 Å². The molecule has 28 heavy (non-hydrogen) atoms. The van der Waals surface area contributed by atoms with Crippen LogP contribution < -0.4 is 14.8 Å². The maximum absolute atomic E-state index is 12.7. The lowest BCUT2D eigenvalue weighted by Gasteiger charge is -2.15. The van der Waals surface area contributed by atoms with Gasteiger partial charge in [-0.3, -0.25) is 4.79 Å². The van der Waals surface area contributed by atoms with Crippen molar-refractivity contribution < 1.29 is 14.3 Å². The standard InChI is InChI=1S/C23H22ClNO3/c1-16(2)28-22-13-6-5-12-21(22)25-23(26)17-9-7-10-19(14-17)27-15-18-8-3-4-11-20(18)24/h3-14,16H,15H2,1-2H3,(H,25,26). The molecule has 1 N–H and O–H groups in total. The van der Waals surface area contributed by atoms with Gasteiger partial charge in [0.25, 0.3) is 5.91 Å². The average molecular weight is 396 g/mol. The number of nitrogens with one attached hydrogen (secondary N) is 1. The van der Waals surface area contributed by atoms with E-state index in [4.69, 9.17) is 21.1 Å². The molecule has 0 unspecified atom stereocenters. The van der Waals surface area contributed by atoms with Crippen LogP contribution in [0.1, 0.15) is 29.8 Å². The van der Waals surface area contributed by atoms with Crippen LogP contribution in [0.3, 0.4) is 0 Å². The molecule has 3 aromatic carbocycles. The minimum atomic E-state index is -0.233. The van der Waals surface area contributed by atoms with Gasteiger partial charge in [-0.1, -0.05) is 48.0 Å². The number of anilines is 1. The highest BCUT2D eigenvalue weighted by Crippen LogP contribution is 2.26. The molecule has 0 aliphatic carbocycles. The van der Waals surface area contributed by atoms with Gasteiger partial charge in [-0.25, -0.2) is 0 Å². The summed E-state index contributed by atoms with van der Waals surface area (Å²) in [5.41, 5.74) is 2.01. The Morgan fingerprint density at radius 3 is 2.54 bits per heavy atom. The van der Waals surface area contributed by atoms with Crippen LogP contribution in [-0.4, -0.2) is 12.0 Å². The van der Waals surface area contributed by atoms with Crippen molar-refractivity contribution >= 4 is 23.2 Å². The molecule has 0 radical (unpaired) electrons. The van der Waals surface area contributed by atoms with Crippen molar-refractivity contribution in [1.29, 1.82) is 0 Å². The molecule has 144 valence electrons. The third-order valence-electron chi connectivity index (χ3n) is 3.95. The zero-order valence-corrected chi connectivity index (χ0v) is 16.6. The first-order chi connectivity index (χ1) is 13.5. The van der Waals surface area contributed by atoms with E-state index >= 15 is 0 Å². The molecule has 3 rings (SSSR count). The number of hydrogen-bond acceptors (Lipinski definition) is 3. The molecule has 0 aliphatic rings. The van der Waals surface area contributed by atoms with Crippen LogP contribution in [0.2, 0.25) is 5.02 Å². The molecule has 5 heteroatoms. The van der Waals surface area contributed by atoms with Crippen molar-refractivity contribution in [3.63, 3.8) is 0 Å². The van der Waals surface area contributed by atoms with Gasteiger partial charge in [-0.05, 0) is 50.2 Å². The predicted octanol–water partition coefficient (Wildman–Crippen LogP) is 5.96. The van der Waals surface area contributed by atoms with Gasteiger partial charge in [0.15, 0.2) is 0 Å². The lowest BCUT2D eigenvalue weighted by molar-refractivity contribution is 0.102. The highest BCUT2D eigenvalue weighted by Gasteiger charge is 2.12. The third kappa shape index (κ3) is 5.27. The van der Waals surface area contributed by atoms with E-state index < -0.39 is 0 Å². The Balaban J connectivity index is 1.70. The Morgan fingerprint density at radius 2 is 1.75 bits per heavy atom. The molecule has 0 saturated heterocycles. The normalized spacial score (nSPS) is 10.6. The summed E-state index contributed by atoms with van der Waals surface area (Å²) < 4.78 is 11.6. The van der Waals surface area contributed by atoms with Crippen LogP contribution in [-0.2, 0) is 6.61 Å². The fourth-order valence-corrected chi connectivity index (χ4v) is 2.82. The van der Waals surface area contributed by atoms with E-state index in [2.05, 4.69) is 5.32 Å². The minimum absolute atomic E-state index is 0.0135. The topological polar surface area (TPSA) is 47.6 Å². The molecule has 0 fully saturated rings. The zero-order valence-electron chi connectivity index (χ0n) is 15.8. The molecular weight excluding hydrogens is 374 g/mol. The molecule has 0 atom stereocenters. The van der Waals surface area contributed by atoms with E-state index in [0.29, 0.717) is 34.4 Å². The van der Waals surface area contributed by atoms with Gasteiger partial charge in [0.05, 0.1) is 11.8 Å². The molecule has 0 spiro atoms. The van der Waals surface area contributed by atoms with Crippen molar-refractivity contribution in [2.75, 3.05) is 5.32 Å². The first-order valence-corrected chi connectivity index (χ1v) is 9.44. The molecule has 0 saturated carbocycles. The number of carbonyl (C=O) groups is 1. The second-order valence-corrected chi connectivity index (χ2v) is 6.93. The van der Waals surface area contributed by atoms with Gasteiger partial charge < -0.3 is 14.8 Å². The average Bonchev–Trinajstić information content (AvgIpc) is 2.69. The third-order valence-corrected chi connectivity index (χ3v) is 4.32. The minimum Gasteiger partial charge on any atom is -0.489 e. The highest BCUT2D eigenvalue weighted by molar-refractivity contribution is 6.31. The van der Waals surface area contributed by atoms with Gasteiger partial charge in [0, 0.05) is 16.1 Å². The van der Waals surface area contributed by atoms with Crippen molar-refractivity contribution in [1.82, 2.24) is 0 Å². The molecule has 0 aliphatic heterocycles. The van der Waals surface area contributed by atoms with Crippen molar-refractivity contribution in [2.45, 2.75) is 26.6 Å². The van der Waals surface area contributed by atoms with Gasteiger partial charge in [-0.2, -0.15) is 0 Å². The Labute approximate surface area is 170 Å². The summed E-state index contributed by atoms with van der Waals surface area (Å²) in [5, 5.41) is 3.55. The van der Waals surface area contributed by atoms with E-state index in [1.54, 1.807) is 18.2 Å². The van der Waals surface area contributed by atoms with E-state index in [-0.39, 0.29) is 12.0 Å². The number of ether oxygens (including phenoxy) is 2. The van der Waals surface area contributed by atoms with E-state index in [1.165, 1.54) is 0 Å². The van der Waals surface area contributed by atoms with Crippen LogP contribution in [0.15, 0.2) is 72.8 Å². The van der Waals surface area contributed by atoms with E-state index in [0.717, 1.165) is 5.56 Å². The molecule has 3 aromatic rings. The zero-order chi connectivity index (χ0) is 19.9. The number of benzene rings is 3. The summed E-state index contributed by atoms with van der Waals surface area (Å²) in [6.45, 7) is 4.21. The molecule has 4 nitrogen and oxygen atoms in total.